The first-order chi connectivity index (χ1) is 12.5. The van der Waals surface area contributed by atoms with E-state index in [2.05, 4.69) is 19.9 Å². The average molecular weight is 380 g/mol. The first-order valence-corrected chi connectivity index (χ1v) is 10.1. The number of amides is 1. The summed E-state index contributed by atoms with van der Waals surface area (Å²) in [6.07, 6.45) is 3.40. The Balaban J connectivity index is 1.81. The Kier molecular flexibility index (Phi) is 6.60. The van der Waals surface area contributed by atoms with Gasteiger partial charge < -0.3 is 14.4 Å². The van der Waals surface area contributed by atoms with Gasteiger partial charge in [-0.15, -0.1) is 0 Å². The Hall–Kier alpha value is -1.10. The minimum absolute atomic E-state index is 0.0897. The molecule has 2 aliphatic rings. The summed E-state index contributed by atoms with van der Waals surface area (Å²) in [6, 6.07) is 8.01. The van der Waals surface area contributed by atoms with E-state index >= 15 is 0 Å². The lowest BCUT2D eigenvalue weighted by molar-refractivity contribution is -0.142. The van der Waals surface area contributed by atoms with E-state index < -0.39 is 0 Å². The summed E-state index contributed by atoms with van der Waals surface area (Å²) in [5, 5.41) is 0.790. The van der Waals surface area contributed by atoms with Gasteiger partial charge in [0.2, 0.25) is 5.91 Å². The lowest BCUT2D eigenvalue weighted by Gasteiger charge is -2.43. The molecule has 2 fully saturated rings. The van der Waals surface area contributed by atoms with E-state index in [0.29, 0.717) is 45.2 Å². The van der Waals surface area contributed by atoms with Crippen LogP contribution in [0.4, 0.5) is 0 Å². The molecule has 0 aromatic heterocycles. The molecule has 2 atom stereocenters. The fraction of sp³-hybridized carbons (Fsp3) is 0.667. The predicted octanol–water partition coefficient (Wildman–Crippen LogP) is 3.95. The molecule has 2 heterocycles. The van der Waals surface area contributed by atoms with Crippen LogP contribution >= 0.6 is 11.6 Å². The standard InChI is InChI=1S/C21H30ClNO3/c1-16(2)19-14-21(7-10-26-19,13-17-5-3-4-6-18(17)22)15-20(24)23-8-11-25-12-9-23/h3-6,16,19H,7-15H2,1-2H3/t19-,21-/m1/s1. The van der Waals surface area contributed by atoms with Crippen molar-refractivity contribution in [3.05, 3.63) is 34.9 Å². The molecule has 0 saturated carbocycles. The smallest absolute Gasteiger partial charge is 0.223 e. The van der Waals surface area contributed by atoms with Crippen molar-refractivity contribution in [3.8, 4) is 0 Å². The molecule has 26 heavy (non-hydrogen) atoms. The van der Waals surface area contributed by atoms with Gasteiger partial charge in [0.05, 0.1) is 19.3 Å². The zero-order chi connectivity index (χ0) is 18.6. The summed E-state index contributed by atoms with van der Waals surface area (Å²) in [5.41, 5.74) is 1.04. The second-order valence-corrected chi connectivity index (χ2v) is 8.45. The number of ether oxygens (including phenoxy) is 2. The van der Waals surface area contributed by atoms with Gasteiger partial charge in [0.1, 0.15) is 0 Å². The van der Waals surface area contributed by atoms with Crippen LogP contribution < -0.4 is 0 Å². The van der Waals surface area contributed by atoms with Crippen LogP contribution in [0.5, 0.6) is 0 Å². The van der Waals surface area contributed by atoms with E-state index in [9.17, 15) is 4.79 Å². The third kappa shape index (κ3) is 4.79. The van der Waals surface area contributed by atoms with E-state index in [-0.39, 0.29) is 17.4 Å². The third-order valence-corrected chi connectivity index (χ3v) is 6.12. The van der Waals surface area contributed by atoms with Gasteiger partial charge in [-0.05, 0) is 42.2 Å². The van der Waals surface area contributed by atoms with E-state index in [0.717, 1.165) is 29.8 Å². The van der Waals surface area contributed by atoms with Gasteiger partial charge in [0.15, 0.2) is 0 Å². The van der Waals surface area contributed by atoms with E-state index in [4.69, 9.17) is 21.1 Å². The molecular weight excluding hydrogens is 350 g/mol. The topological polar surface area (TPSA) is 38.8 Å². The van der Waals surface area contributed by atoms with Crippen LogP contribution in [-0.4, -0.2) is 49.8 Å². The van der Waals surface area contributed by atoms with Gasteiger partial charge in [-0.2, -0.15) is 0 Å². The van der Waals surface area contributed by atoms with E-state index in [1.165, 1.54) is 0 Å². The zero-order valence-corrected chi connectivity index (χ0v) is 16.6. The molecule has 4 nitrogen and oxygen atoms in total. The fourth-order valence-corrected chi connectivity index (χ4v) is 4.32. The molecule has 144 valence electrons. The molecule has 1 amide bonds. The minimum Gasteiger partial charge on any atom is -0.378 e. The maximum absolute atomic E-state index is 13.0. The lowest BCUT2D eigenvalue weighted by atomic mass is 9.69. The van der Waals surface area contributed by atoms with Gasteiger partial charge in [-0.3, -0.25) is 4.79 Å². The Labute approximate surface area is 161 Å². The van der Waals surface area contributed by atoms with Crippen LogP contribution in [-0.2, 0) is 20.7 Å². The molecule has 5 heteroatoms. The van der Waals surface area contributed by atoms with Crippen molar-refractivity contribution in [1.82, 2.24) is 4.90 Å². The SMILES string of the molecule is CC(C)[C@H]1C[C@](CC(=O)N2CCOCC2)(Cc2ccccc2Cl)CCO1. The molecule has 0 N–H and O–H groups in total. The first kappa shape index (κ1) is 19.7. The average Bonchev–Trinajstić information content (AvgIpc) is 2.64. The highest BCUT2D eigenvalue weighted by molar-refractivity contribution is 6.31. The minimum atomic E-state index is -0.0897. The molecule has 0 aliphatic carbocycles. The quantitative estimate of drug-likeness (QED) is 0.777. The van der Waals surface area contributed by atoms with Crippen LogP contribution in [0.2, 0.25) is 5.02 Å². The van der Waals surface area contributed by atoms with Gasteiger partial charge in [0.25, 0.3) is 0 Å². The van der Waals surface area contributed by atoms with E-state index in [1.54, 1.807) is 0 Å². The van der Waals surface area contributed by atoms with Crippen LogP contribution in [0.3, 0.4) is 0 Å². The van der Waals surface area contributed by atoms with Crippen molar-refractivity contribution < 1.29 is 14.3 Å². The van der Waals surface area contributed by atoms with Crippen molar-refractivity contribution in [1.29, 1.82) is 0 Å². The van der Waals surface area contributed by atoms with Gasteiger partial charge in [0, 0.05) is 31.1 Å². The van der Waals surface area contributed by atoms with Crippen LogP contribution in [0, 0.1) is 11.3 Å². The largest absolute Gasteiger partial charge is 0.378 e. The van der Waals surface area contributed by atoms with Crippen LogP contribution in [0.25, 0.3) is 0 Å². The molecule has 0 spiro atoms. The number of carbonyl (C=O) groups excluding carboxylic acids is 1. The molecular formula is C21H30ClNO3. The monoisotopic (exact) mass is 379 g/mol. The fourth-order valence-electron chi connectivity index (χ4n) is 4.12. The second-order valence-electron chi connectivity index (χ2n) is 8.05. The summed E-state index contributed by atoms with van der Waals surface area (Å²) in [4.78, 5) is 15.0. The second kappa shape index (κ2) is 8.73. The van der Waals surface area contributed by atoms with Gasteiger partial charge in [-0.25, -0.2) is 0 Å². The Morgan fingerprint density at radius 3 is 2.69 bits per heavy atom. The predicted molar refractivity (Wildman–Crippen MR) is 103 cm³/mol. The molecule has 2 aliphatic heterocycles. The van der Waals surface area contributed by atoms with Gasteiger partial charge in [-0.1, -0.05) is 43.6 Å². The number of rotatable bonds is 5. The van der Waals surface area contributed by atoms with Crippen LogP contribution in [0.1, 0.15) is 38.7 Å². The lowest BCUT2D eigenvalue weighted by Crippen LogP contribution is -2.46. The van der Waals surface area contributed by atoms with Crippen molar-refractivity contribution in [2.45, 2.75) is 45.6 Å². The van der Waals surface area contributed by atoms with Crippen LogP contribution in [0.15, 0.2) is 24.3 Å². The zero-order valence-electron chi connectivity index (χ0n) is 15.9. The van der Waals surface area contributed by atoms with Gasteiger partial charge >= 0.3 is 0 Å². The first-order valence-electron chi connectivity index (χ1n) is 9.70. The third-order valence-electron chi connectivity index (χ3n) is 5.76. The normalized spacial score (nSPS) is 26.9. The Bertz CT molecular complexity index is 615. The Morgan fingerprint density at radius 1 is 1.27 bits per heavy atom. The highest BCUT2D eigenvalue weighted by atomic mass is 35.5. The highest BCUT2D eigenvalue weighted by Crippen LogP contribution is 2.43. The van der Waals surface area contributed by atoms with Crippen molar-refractivity contribution in [2.75, 3.05) is 32.9 Å². The Morgan fingerprint density at radius 2 is 2.00 bits per heavy atom. The molecule has 1 aromatic carbocycles. The molecule has 2 saturated heterocycles. The number of nitrogens with zero attached hydrogens (tertiary/aromatic N) is 1. The summed E-state index contributed by atoms with van der Waals surface area (Å²) in [6.45, 7) is 7.78. The highest BCUT2D eigenvalue weighted by Gasteiger charge is 2.41. The number of carbonyl (C=O) groups is 1. The maximum atomic E-state index is 13.0. The maximum Gasteiger partial charge on any atom is 0.223 e. The number of halogens is 1. The van der Waals surface area contributed by atoms with Crippen molar-refractivity contribution in [2.24, 2.45) is 11.3 Å². The summed E-state index contributed by atoms with van der Waals surface area (Å²) < 4.78 is 11.4. The number of morpholine rings is 1. The molecule has 0 unspecified atom stereocenters. The van der Waals surface area contributed by atoms with E-state index in [1.807, 2.05) is 23.1 Å². The molecule has 0 bridgehead atoms. The number of benzene rings is 1. The van der Waals surface area contributed by atoms with Crippen molar-refractivity contribution >= 4 is 17.5 Å². The summed E-state index contributed by atoms with van der Waals surface area (Å²) in [7, 11) is 0. The number of hydrogen-bond acceptors (Lipinski definition) is 3. The van der Waals surface area contributed by atoms with Crippen molar-refractivity contribution in [3.63, 3.8) is 0 Å². The molecule has 3 rings (SSSR count). The summed E-state index contributed by atoms with van der Waals surface area (Å²) >= 11 is 6.45. The molecule has 1 aromatic rings. The number of hydrogen-bond donors (Lipinski definition) is 0. The summed E-state index contributed by atoms with van der Waals surface area (Å²) in [5.74, 6) is 0.684. The molecule has 0 radical (unpaired) electrons.